The summed E-state index contributed by atoms with van der Waals surface area (Å²) in [5.74, 6) is -0.0235. The van der Waals surface area contributed by atoms with E-state index >= 15 is 0 Å². The third kappa shape index (κ3) is 4.63. The van der Waals surface area contributed by atoms with Gasteiger partial charge in [0, 0.05) is 18.2 Å². The molecule has 0 aliphatic heterocycles. The highest BCUT2D eigenvalue weighted by Crippen LogP contribution is 2.33. The molecule has 1 saturated carbocycles. The first-order valence-electron chi connectivity index (χ1n) is 8.09. The van der Waals surface area contributed by atoms with Crippen LogP contribution < -0.4 is 19.9 Å². The first-order chi connectivity index (χ1) is 11.7. The van der Waals surface area contributed by atoms with Gasteiger partial charge < -0.3 is 10.5 Å². The maximum atomic E-state index is 12.8. The van der Waals surface area contributed by atoms with Gasteiger partial charge in [0.05, 0.1) is 18.6 Å². The van der Waals surface area contributed by atoms with Crippen LogP contribution in [0.2, 0.25) is 0 Å². The summed E-state index contributed by atoms with van der Waals surface area (Å²) < 4.78 is 59.2. The zero-order chi connectivity index (χ0) is 18.7. The number of hydrogen-bond acceptors (Lipinski definition) is 6. The predicted molar refractivity (Wildman–Crippen MR) is 96.7 cm³/mol. The zero-order valence-electron chi connectivity index (χ0n) is 14.4. The second kappa shape index (κ2) is 7.48. The molecular weight excluding hydrogens is 366 g/mol. The van der Waals surface area contributed by atoms with Crippen molar-refractivity contribution in [3.05, 3.63) is 18.2 Å². The van der Waals surface area contributed by atoms with Crippen molar-refractivity contribution in [2.75, 3.05) is 24.1 Å². The van der Waals surface area contributed by atoms with Gasteiger partial charge in [-0.1, -0.05) is 12.8 Å². The summed E-state index contributed by atoms with van der Waals surface area (Å²) in [6.45, 7) is 1.74. The summed E-state index contributed by atoms with van der Waals surface area (Å²) in [5.41, 5.74) is 5.41. The van der Waals surface area contributed by atoms with Gasteiger partial charge in [0.15, 0.2) is 0 Å². The molecule has 0 saturated heterocycles. The molecule has 1 aromatic carbocycles. The fourth-order valence-electron chi connectivity index (χ4n) is 2.94. The number of methoxy groups -OCH3 is 1. The highest BCUT2D eigenvalue weighted by Gasteiger charge is 2.37. The molecule has 25 heavy (non-hydrogen) atoms. The second-order valence-electron chi connectivity index (χ2n) is 6.17. The van der Waals surface area contributed by atoms with Gasteiger partial charge in [-0.15, -0.1) is 0 Å². The van der Waals surface area contributed by atoms with Crippen LogP contribution in [-0.2, 0) is 20.0 Å². The lowest BCUT2D eigenvalue weighted by Gasteiger charge is -2.28. The fourth-order valence-corrected chi connectivity index (χ4v) is 5.20. The molecule has 0 spiro atoms. The van der Waals surface area contributed by atoms with Crippen molar-refractivity contribution in [1.29, 1.82) is 0 Å². The van der Waals surface area contributed by atoms with Gasteiger partial charge in [-0.3, -0.25) is 4.72 Å². The lowest BCUT2D eigenvalue weighted by atomic mass is 10.0. The third-order valence-electron chi connectivity index (χ3n) is 4.41. The van der Waals surface area contributed by atoms with Crippen molar-refractivity contribution in [2.45, 2.75) is 43.0 Å². The molecular formula is C15H25N3O5S2. The van der Waals surface area contributed by atoms with E-state index in [1.807, 2.05) is 0 Å². The van der Waals surface area contributed by atoms with Crippen LogP contribution in [0.5, 0.6) is 5.75 Å². The summed E-state index contributed by atoms with van der Waals surface area (Å²) in [7, 11) is -5.99. The van der Waals surface area contributed by atoms with Gasteiger partial charge in [-0.25, -0.2) is 21.6 Å². The van der Waals surface area contributed by atoms with Crippen LogP contribution in [0.15, 0.2) is 23.1 Å². The number of nitrogens with one attached hydrogen (secondary N) is 2. The number of nitrogens with two attached hydrogens (primary N) is 1. The first kappa shape index (κ1) is 20.0. The number of sulfonamides is 2. The molecule has 0 radical (unpaired) electrons. The zero-order valence-corrected chi connectivity index (χ0v) is 16.0. The molecule has 1 aliphatic rings. The summed E-state index contributed by atoms with van der Waals surface area (Å²) in [4.78, 5) is -0.0471. The van der Waals surface area contributed by atoms with Crippen LogP contribution >= 0.6 is 0 Å². The molecule has 0 heterocycles. The fraction of sp³-hybridized carbons (Fsp3) is 0.600. The highest BCUT2D eigenvalue weighted by atomic mass is 32.2. The average molecular weight is 392 g/mol. The van der Waals surface area contributed by atoms with E-state index in [1.54, 1.807) is 0 Å². The lowest BCUT2D eigenvalue weighted by Crippen LogP contribution is -2.51. The van der Waals surface area contributed by atoms with Crippen LogP contribution in [0.1, 0.15) is 32.6 Å². The molecule has 0 atom stereocenters. The third-order valence-corrected chi connectivity index (χ3v) is 7.33. The average Bonchev–Trinajstić information content (AvgIpc) is 3.02. The maximum absolute atomic E-state index is 12.8. The predicted octanol–water partition coefficient (Wildman–Crippen LogP) is 1.01. The Morgan fingerprint density at radius 1 is 1.20 bits per heavy atom. The van der Waals surface area contributed by atoms with E-state index < -0.39 is 25.6 Å². The van der Waals surface area contributed by atoms with E-state index in [2.05, 4.69) is 9.44 Å². The maximum Gasteiger partial charge on any atom is 0.244 e. The van der Waals surface area contributed by atoms with E-state index in [9.17, 15) is 16.8 Å². The number of hydrogen-bond donors (Lipinski definition) is 3. The largest absolute Gasteiger partial charge is 0.495 e. The topological polar surface area (TPSA) is 128 Å². The molecule has 0 amide bonds. The smallest absolute Gasteiger partial charge is 0.244 e. The first-order valence-corrected chi connectivity index (χ1v) is 11.2. The van der Waals surface area contributed by atoms with E-state index in [0.29, 0.717) is 12.8 Å². The Hall–Kier alpha value is -1.36. The number of rotatable bonds is 8. The van der Waals surface area contributed by atoms with Gasteiger partial charge in [0.1, 0.15) is 10.6 Å². The van der Waals surface area contributed by atoms with Crippen molar-refractivity contribution < 1.29 is 21.6 Å². The SMILES string of the molecule is CCS(=O)(=O)Nc1ccc(S(=O)(=O)NC2(CN)CCCC2)c(OC)c1. The Bertz CT molecular complexity index is 816. The number of benzene rings is 1. The monoisotopic (exact) mass is 391 g/mol. The molecule has 0 unspecified atom stereocenters. The second-order valence-corrected chi connectivity index (χ2v) is 9.83. The highest BCUT2D eigenvalue weighted by molar-refractivity contribution is 7.92. The molecule has 0 aromatic heterocycles. The normalized spacial score (nSPS) is 17.4. The lowest BCUT2D eigenvalue weighted by molar-refractivity contribution is 0.389. The minimum atomic E-state index is -3.86. The molecule has 8 nitrogen and oxygen atoms in total. The summed E-state index contributed by atoms with van der Waals surface area (Å²) in [6.07, 6.45) is 3.24. The van der Waals surface area contributed by atoms with Gasteiger partial charge in [0.2, 0.25) is 20.0 Å². The molecule has 1 fully saturated rings. The Balaban J connectivity index is 2.34. The van der Waals surface area contributed by atoms with Crippen molar-refractivity contribution in [2.24, 2.45) is 5.73 Å². The molecule has 1 aliphatic carbocycles. The van der Waals surface area contributed by atoms with Crippen molar-refractivity contribution >= 4 is 25.7 Å². The van der Waals surface area contributed by atoms with Crippen LogP contribution in [-0.4, -0.2) is 41.8 Å². The van der Waals surface area contributed by atoms with Crippen molar-refractivity contribution in [1.82, 2.24) is 4.72 Å². The van der Waals surface area contributed by atoms with Crippen molar-refractivity contribution in [3.8, 4) is 5.75 Å². The van der Waals surface area contributed by atoms with Gasteiger partial charge in [-0.2, -0.15) is 0 Å². The van der Waals surface area contributed by atoms with Gasteiger partial charge in [-0.05, 0) is 31.9 Å². The molecule has 142 valence electrons. The van der Waals surface area contributed by atoms with E-state index in [4.69, 9.17) is 10.5 Å². The van der Waals surface area contributed by atoms with Gasteiger partial charge in [0.25, 0.3) is 0 Å². The summed E-state index contributed by atoms with van der Waals surface area (Å²) in [5, 5.41) is 0. The number of anilines is 1. The van der Waals surface area contributed by atoms with Crippen molar-refractivity contribution in [3.63, 3.8) is 0 Å². The molecule has 10 heteroatoms. The Morgan fingerprint density at radius 2 is 1.84 bits per heavy atom. The standard InChI is InChI=1S/C15H25N3O5S2/c1-3-24(19,20)17-12-6-7-14(13(10-12)23-2)25(21,22)18-15(11-16)8-4-5-9-15/h6-7,10,17-18H,3-5,8-9,11,16H2,1-2H3. The Morgan fingerprint density at radius 3 is 2.36 bits per heavy atom. The minimum Gasteiger partial charge on any atom is -0.495 e. The van der Waals surface area contributed by atoms with Crippen LogP contribution in [0.4, 0.5) is 5.69 Å². The Kier molecular flexibility index (Phi) is 5.97. The molecule has 2 rings (SSSR count). The van der Waals surface area contributed by atoms with E-state index in [1.165, 1.54) is 32.2 Å². The molecule has 0 bridgehead atoms. The van der Waals surface area contributed by atoms with Crippen LogP contribution in [0, 0.1) is 0 Å². The van der Waals surface area contributed by atoms with Crippen LogP contribution in [0.3, 0.4) is 0 Å². The minimum absolute atomic E-state index is 0.0471. The Labute approximate surface area is 149 Å². The molecule has 1 aromatic rings. The molecule has 4 N–H and O–H groups in total. The summed E-state index contributed by atoms with van der Waals surface area (Å²) in [6, 6.07) is 4.08. The van der Waals surface area contributed by atoms with E-state index in [0.717, 1.165) is 12.8 Å². The number of ether oxygens (including phenoxy) is 1. The quantitative estimate of drug-likeness (QED) is 0.607. The van der Waals surface area contributed by atoms with E-state index in [-0.39, 0.29) is 28.6 Å². The van der Waals surface area contributed by atoms with Gasteiger partial charge >= 0.3 is 0 Å². The summed E-state index contributed by atoms with van der Waals surface area (Å²) >= 11 is 0. The van der Waals surface area contributed by atoms with Crippen LogP contribution in [0.25, 0.3) is 0 Å².